The van der Waals surface area contributed by atoms with Gasteiger partial charge in [0.25, 0.3) is 0 Å². The van der Waals surface area contributed by atoms with Crippen molar-refractivity contribution in [1.82, 2.24) is 0 Å². The van der Waals surface area contributed by atoms with Gasteiger partial charge in [0.05, 0.1) is 11.4 Å². The zero-order valence-corrected chi connectivity index (χ0v) is 8.87. The van der Waals surface area contributed by atoms with Crippen molar-refractivity contribution in [2.45, 2.75) is 12.6 Å². The highest BCUT2D eigenvalue weighted by molar-refractivity contribution is 5.65. The summed E-state index contributed by atoms with van der Waals surface area (Å²) < 4.78 is 18.0. The Morgan fingerprint density at radius 2 is 2.20 bits per heavy atom. The fourth-order valence-electron chi connectivity index (χ4n) is 1.23. The number of hydrogen-bond donors (Lipinski definition) is 2. The summed E-state index contributed by atoms with van der Waals surface area (Å²) in [5.41, 5.74) is 7.11. The van der Waals surface area contributed by atoms with Crippen LogP contribution in [0, 0.1) is 0 Å². The van der Waals surface area contributed by atoms with Crippen LogP contribution in [0.3, 0.4) is 0 Å². The van der Waals surface area contributed by atoms with E-state index in [2.05, 4.69) is 5.32 Å². The molecule has 0 heterocycles. The van der Waals surface area contributed by atoms with Gasteiger partial charge in [-0.25, -0.2) is 4.39 Å². The molecule has 3 N–H and O–H groups in total. The molecule has 0 saturated carbocycles. The number of rotatable bonds is 6. The topological polar surface area (TPSA) is 47.3 Å². The van der Waals surface area contributed by atoms with Gasteiger partial charge in [0, 0.05) is 26.7 Å². The quantitative estimate of drug-likeness (QED) is 0.709. The molecule has 0 fully saturated rings. The number of nitrogens with one attached hydrogen (secondary N) is 1. The summed E-state index contributed by atoms with van der Waals surface area (Å²) in [4.78, 5) is 0. The van der Waals surface area contributed by atoms with Crippen molar-refractivity contribution in [3.05, 3.63) is 24.3 Å². The molecule has 3 nitrogen and oxygen atoms in total. The van der Waals surface area contributed by atoms with Crippen LogP contribution in [-0.2, 0) is 4.74 Å². The molecule has 15 heavy (non-hydrogen) atoms. The van der Waals surface area contributed by atoms with Crippen LogP contribution in [0.2, 0.25) is 0 Å². The maximum absolute atomic E-state index is 13.2. The van der Waals surface area contributed by atoms with Crippen LogP contribution in [0.4, 0.5) is 15.8 Å². The average molecular weight is 212 g/mol. The molecule has 0 aliphatic heterocycles. The number of nitrogens with two attached hydrogens (primary N) is 1. The molecule has 0 saturated heterocycles. The third-order valence-electron chi connectivity index (χ3n) is 2.11. The first kappa shape index (κ1) is 11.8. The summed E-state index contributed by atoms with van der Waals surface area (Å²) in [6, 6.07) is 7.32. The largest absolute Gasteiger partial charge is 0.397 e. The van der Waals surface area contributed by atoms with Gasteiger partial charge in [-0.2, -0.15) is 0 Å². The second kappa shape index (κ2) is 6.24. The summed E-state index contributed by atoms with van der Waals surface area (Å²) in [6.45, 7) is 0.699. The number of ether oxygens (including phenoxy) is 1. The zero-order valence-electron chi connectivity index (χ0n) is 8.87. The summed E-state index contributed by atoms with van der Waals surface area (Å²) in [7, 11) is 1.56. The van der Waals surface area contributed by atoms with Gasteiger partial charge in [-0.1, -0.05) is 12.1 Å². The Morgan fingerprint density at radius 1 is 1.47 bits per heavy atom. The van der Waals surface area contributed by atoms with Crippen LogP contribution in [0.25, 0.3) is 0 Å². The van der Waals surface area contributed by atoms with Crippen LogP contribution in [0.1, 0.15) is 6.42 Å². The smallest absolute Gasteiger partial charge is 0.119 e. The number of nitrogen functional groups attached to an aromatic ring is 1. The summed E-state index contributed by atoms with van der Waals surface area (Å²) in [5, 5.41) is 2.97. The van der Waals surface area contributed by atoms with Crippen molar-refractivity contribution in [3.63, 3.8) is 0 Å². The lowest BCUT2D eigenvalue weighted by molar-refractivity contribution is 0.165. The first-order valence-corrected chi connectivity index (χ1v) is 4.95. The maximum atomic E-state index is 13.2. The van der Waals surface area contributed by atoms with Crippen LogP contribution >= 0.6 is 0 Å². The van der Waals surface area contributed by atoms with E-state index in [1.165, 1.54) is 0 Å². The highest BCUT2D eigenvalue weighted by Gasteiger charge is 2.06. The van der Waals surface area contributed by atoms with E-state index in [1.54, 1.807) is 13.2 Å². The van der Waals surface area contributed by atoms with Crippen molar-refractivity contribution < 1.29 is 9.13 Å². The molecule has 0 bridgehead atoms. The molecule has 0 aliphatic rings. The van der Waals surface area contributed by atoms with Gasteiger partial charge in [-0.3, -0.25) is 0 Å². The van der Waals surface area contributed by atoms with E-state index in [0.717, 1.165) is 5.69 Å². The van der Waals surface area contributed by atoms with Crippen molar-refractivity contribution in [2.75, 3.05) is 31.3 Å². The normalized spacial score (nSPS) is 12.4. The SMILES string of the molecule is COCCC(F)CNc1ccccc1N. The number of methoxy groups -OCH3 is 1. The molecule has 4 heteroatoms. The predicted octanol–water partition coefficient (Wildman–Crippen LogP) is 2.06. The number of para-hydroxylation sites is 2. The van der Waals surface area contributed by atoms with E-state index in [0.29, 0.717) is 18.7 Å². The minimum Gasteiger partial charge on any atom is -0.397 e. The lowest BCUT2D eigenvalue weighted by Crippen LogP contribution is -2.17. The fourth-order valence-corrected chi connectivity index (χ4v) is 1.23. The lowest BCUT2D eigenvalue weighted by atomic mass is 10.2. The maximum Gasteiger partial charge on any atom is 0.119 e. The molecule has 1 rings (SSSR count). The standard InChI is InChI=1S/C11H17FN2O/c1-15-7-6-9(12)8-14-11-5-3-2-4-10(11)13/h2-5,9,14H,6-8,13H2,1H3. The van der Waals surface area contributed by atoms with Crippen molar-refractivity contribution in [2.24, 2.45) is 0 Å². The molecule has 1 aromatic carbocycles. The first-order chi connectivity index (χ1) is 7.24. The van der Waals surface area contributed by atoms with E-state index in [-0.39, 0.29) is 6.54 Å². The third-order valence-corrected chi connectivity index (χ3v) is 2.11. The number of benzene rings is 1. The summed E-state index contributed by atoms with van der Waals surface area (Å²) in [6.07, 6.45) is -0.513. The molecule has 84 valence electrons. The van der Waals surface area contributed by atoms with Gasteiger partial charge in [-0.05, 0) is 12.1 Å². The molecule has 1 unspecified atom stereocenters. The summed E-state index contributed by atoms with van der Waals surface area (Å²) >= 11 is 0. The summed E-state index contributed by atoms with van der Waals surface area (Å²) in [5.74, 6) is 0. The van der Waals surface area contributed by atoms with Gasteiger partial charge >= 0.3 is 0 Å². The molecule has 0 radical (unpaired) electrons. The Balaban J connectivity index is 2.33. The second-order valence-electron chi connectivity index (χ2n) is 3.35. The Bertz CT molecular complexity index is 294. The number of anilines is 2. The monoisotopic (exact) mass is 212 g/mol. The van der Waals surface area contributed by atoms with Gasteiger partial charge in [-0.15, -0.1) is 0 Å². The number of alkyl halides is 1. The van der Waals surface area contributed by atoms with Gasteiger partial charge in [0.15, 0.2) is 0 Å². The molecule has 1 aromatic rings. The van der Waals surface area contributed by atoms with Gasteiger partial charge in [0.1, 0.15) is 6.17 Å². The molecule has 0 aliphatic carbocycles. The average Bonchev–Trinajstić information content (AvgIpc) is 2.25. The van der Waals surface area contributed by atoms with E-state index in [4.69, 9.17) is 10.5 Å². The van der Waals surface area contributed by atoms with Crippen LogP contribution < -0.4 is 11.1 Å². The fraction of sp³-hybridized carbons (Fsp3) is 0.455. The Hall–Kier alpha value is -1.29. The Kier molecular flexibility index (Phi) is 4.90. The minimum absolute atomic E-state index is 0.261. The Morgan fingerprint density at radius 3 is 2.87 bits per heavy atom. The third kappa shape index (κ3) is 4.16. The lowest BCUT2D eigenvalue weighted by Gasteiger charge is -2.11. The van der Waals surface area contributed by atoms with Gasteiger partial charge in [0.2, 0.25) is 0 Å². The highest BCUT2D eigenvalue weighted by atomic mass is 19.1. The molecule has 0 amide bonds. The van der Waals surface area contributed by atoms with E-state index in [9.17, 15) is 4.39 Å². The Labute approximate surface area is 89.4 Å². The molecule has 0 aromatic heterocycles. The van der Waals surface area contributed by atoms with Crippen LogP contribution in [-0.4, -0.2) is 26.4 Å². The molecular formula is C11H17FN2O. The minimum atomic E-state index is -0.912. The van der Waals surface area contributed by atoms with Crippen molar-refractivity contribution in [1.29, 1.82) is 0 Å². The van der Waals surface area contributed by atoms with E-state index in [1.807, 2.05) is 18.2 Å². The van der Waals surface area contributed by atoms with E-state index < -0.39 is 6.17 Å². The molecule has 1 atom stereocenters. The number of hydrogen-bond acceptors (Lipinski definition) is 3. The molecular weight excluding hydrogens is 195 g/mol. The van der Waals surface area contributed by atoms with Crippen LogP contribution in [0.15, 0.2) is 24.3 Å². The highest BCUT2D eigenvalue weighted by Crippen LogP contribution is 2.16. The second-order valence-corrected chi connectivity index (χ2v) is 3.35. The van der Waals surface area contributed by atoms with Crippen molar-refractivity contribution >= 4 is 11.4 Å². The van der Waals surface area contributed by atoms with Gasteiger partial charge < -0.3 is 15.8 Å². The molecule has 0 spiro atoms. The predicted molar refractivity (Wildman–Crippen MR) is 60.7 cm³/mol. The van der Waals surface area contributed by atoms with Crippen molar-refractivity contribution in [3.8, 4) is 0 Å². The van der Waals surface area contributed by atoms with Crippen LogP contribution in [0.5, 0.6) is 0 Å². The zero-order chi connectivity index (χ0) is 11.1. The first-order valence-electron chi connectivity index (χ1n) is 4.95. The number of halogens is 1. The van der Waals surface area contributed by atoms with E-state index >= 15 is 0 Å².